The van der Waals surface area contributed by atoms with Crippen molar-refractivity contribution in [3.8, 4) is 22.3 Å². The highest BCUT2D eigenvalue weighted by Crippen LogP contribution is 2.43. The number of hydrogen-bond donors (Lipinski definition) is 0. The van der Waals surface area contributed by atoms with Crippen LogP contribution < -0.4 is 4.90 Å². The topological polar surface area (TPSA) is 29.5 Å². The van der Waals surface area contributed by atoms with Gasteiger partial charge in [0.2, 0.25) is 0 Å². The Labute approximate surface area is 328 Å². The fraction of sp³-hybridized carbons (Fsp3) is 0. The Morgan fingerprint density at radius 1 is 0.281 bits per heavy atom. The summed E-state index contributed by atoms with van der Waals surface area (Å²) in [5.41, 5.74) is 11.3. The van der Waals surface area contributed by atoms with Crippen LogP contribution in [0.15, 0.2) is 209 Å². The number of nitrogens with zero attached hydrogens (tertiary/aromatic N) is 1. The molecule has 12 rings (SSSR count). The number of furan rings is 2. The van der Waals surface area contributed by atoms with E-state index in [4.69, 9.17) is 8.83 Å². The number of fused-ring (bicyclic) bond motifs is 11. The van der Waals surface area contributed by atoms with Gasteiger partial charge in [-0.2, -0.15) is 0 Å². The van der Waals surface area contributed by atoms with Crippen molar-refractivity contribution in [2.45, 2.75) is 0 Å². The summed E-state index contributed by atoms with van der Waals surface area (Å²) in [7, 11) is 0. The van der Waals surface area contributed by atoms with Gasteiger partial charge in [0.05, 0.1) is 0 Å². The third-order valence-electron chi connectivity index (χ3n) is 11.6. The molecule has 0 atom stereocenters. The molecular weight excluding hydrogens is 695 g/mol. The van der Waals surface area contributed by atoms with E-state index in [0.29, 0.717) is 0 Å². The molecule has 0 saturated heterocycles. The Balaban J connectivity index is 0.986. The summed E-state index contributed by atoms with van der Waals surface area (Å²) in [6, 6.07) is 71.5. The normalized spacial score (nSPS) is 11.9. The van der Waals surface area contributed by atoms with Gasteiger partial charge in [0.25, 0.3) is 0 Å². The first-order valence-electron chi connectivity index (χ1n) is 19.4. The third-order valence-corrected chi connectivity index (χ3v) is 11.6. The van der Waals surface area contributed by atoms with Crippen LogP contribution in [0.1, 0.15) is 0 Å². The van der Waals surface area contributed by atoms with Gasteiger partial charge in [-0.15, -0.1) is 0 Å². The van der Waals surface area contributed by atoms with Crippen molar-refractivity contribution in [2.75, 3.05) is 4.90 Å². The van der Waals surface area contributed by atoms with Gasteiger partial charge in [0.15, 0.2) is 0 Å². The lowest BCUT2D eigenvalue weighted by atomic mass is 9.99. The molecule has 0 fully saturated rings. The van der Waals surface area contributed by atoms with Crippen LogP contribution in [0.3, 0.4) is 0 Å². The van der Waals surface area contributed by atoms with Crippen LogP contribution in [0.5, 0.6) is 0 Å². The number of anilines is 3. The molecule has 0 aliphatic carbocycles. The quantitative estimate of drug-likeness (QED) is 0.165. The maximum atomic E-state index is 6.68. The van der Waals surface area contributed by atoms with E-state index < -0.39 is 0 Å². The van der Waals surface area contributed by atoms with Gasteiger partial charge in [0, 0.05) is 55.6 Å². The van der Waals surface area contributed by atoms with Crippen LogP contribution in [0, 0.1) is 0 Å². The third kappa shape index (κ3) is 5.06. The molecule has 0 N–H and O–H groups in total. The molecule has 12 aromatic rings. The van der Waals surface area contributed by atoms with E-state index in [0.717, 1.165) is 88.6 Å². The molecule has 266 valence electrons. The molecule has 3 heteroatoms. The van der Waals surface area contributed by atoms with Crippen molar-refractivity contribution < 1.29 is 8.83 Å². The highest BCUT2D eigenvalue weighted by Gasteiger charge is 2.18. The Morgan fingerprint density at radius 2 is 0.877 bits per heavy atom. The van der Waals surface area contributed by atoms with E-state index in [9.17, 15) is 0 Å². The SMILES string of the molecule is c1ccc(-c2cccc3c2oc2ccc(-c4ccc(N(c5ccc6c(ccc7ccccc76)c5)c5ccc6c(c5)oc5c7ccccc7ccc65)cc4)cc23)cc1. The second-order valence-electron chi connectivity index (χ2n) is 14.9. The summed E-state index contributed by atoms with van der Waals surface area (Å²) >= 11 is 0. The molecule has 2 aromatic heterocycles. The van der Waals surface area contributed by atoms with Gasteiger partial charge in [0.1, 0.15) is 22.3 Å². The predicted molar refractivity (Wildman–Crippen MR) is 239 cm³/mol. The van der Waals surface area contributed by atoms with Crippen LogP contribution in [0.4, 0.5) is 17.1 Å². The maximum absolute atomic E-state index is 6.68. The monoisotopic (exact) mass is 727 g/mol. The first-order valence-corrected chi connectivity index (χ1v) is 19.4. The first-order chi connectivity index (χ1) is 28.2. The van der Waals surface area contributed by atoms with Crippen molar-refractivity contribution in [3.63, 3.8) is 0 Å². The molecule has 0 aliphatic rings. The summed E-state index contributed by atoms with van der Waals surface area (Å²) in [4.78, 5) is 2.33. The zero-order valence-corrected chi connectivity index (χ0v) is 30.8. The molecule has 57 heavy (non-hydrogen) atoms. The van der Waals surface area contributed by atoms with Crippen molar-refractivity contribution >= 4 is 93.3 Å². The summed E-state index contributed by atoms with van der Waals surface area (Å²) in [5.74, 6) is 0. The minimum absolute atomic E-state index is 0.864. The predicted octanol–water partition coefficient (Wildman–Crippen LogP) is 15.7. The van der Waals surface area contributed by atoms with Crippen molar-refractivity contribution in [1.82, 2.24) is 0 Å². The van der Waals surface area contributed by atoms with Crippen LogP contribution in [-0.4, -0.2) is 0 Å². The summed E-state index contributed by atoms with van der Waals surface area (Å²) in [6.45, 7) is 0. The molecule has 2 heterocycles. The van der Waals surface area contributed by atoms with E-state index in [1.165, 1.54) is 26.9 Å². The molecular formula is C54H33NO2. The fourth-order valence-corrected chi connectivity index (χ4v) is 8.84. The van der Waals surface area contributed by atoms with Crippen molar-refractivity contribution in [2.24, 2.45) is 0 Å². The molecule has 10 aromatic carbocycles. The molecule has 0 saturated carbocycles. The number of para-hydroxylation sites is 1. The largest absolute Gasteiger partial charge is 0.455 e. The Bertz CT molecular complexity index is 3520. The van der Waals surface area contributed by atoms with Crippen molar-refractivity contribution in [1.29, 1.82) is 0 Å². The van der Waals surface area contributed by atoms with Gasteiger partial charge in [-0.05, 0) is 98.2 Å². The summed E-state index contributed by atoms with van der Waals surface area (Å²) < 4.78 is 13.2. The second kappa shape index (κ2) is 12.5. The minimum atomic E-state index is 0.864. The Morgan fingerprint density at radius 3 is 1.74 bits per heavy atom. The highest BCUT2D eigenvalue weighted by molar-refractivity contribution is 6.16. The smallest absolute Gasteiger partial charge is 0.143 e. The van der Waals surface area contributed by atoms with Gasteiger partial charge in [-0.1, -0.05) is 140 Å². The Hall–Kier alpha value is -7.62. The van der Waals surface area contributed by atoms with Crippen LogP contribution in [0.2, 0.25) is 0 Å². The van der Waals surface area contributed by atoms with Crippen LogP contribution >= 0.6 is 0 Å². The average molecular weight is 728 g/mol. The second-order valence-corrected chi connectivity index (χ2v) is 14.9. The van der Waals surface area contributed by atoms with Crippen LogP contribution in [-0.2, 0) is 0 Å². The molecule has 0 radical (unpaired) electrons. The van der Waals surface area contributed by atoms with E-state index in [1.807, 2.05) is 6.07 Å². The van der Waals surface area contributed by atoms with Crippen molar-refractivity contribution in [3.05, 3.63) is 200 Å². The highest BCUT2D eigenvalue weighted by atomic mass is 16.3. The summed E-state index contributed by atoms with van der Waals surface area (Å²) in [5, 5.41) is 11.7. The van der Waals surface area contributed by atoms with E-state index >= 15 is 0 Å². The first kappa shape index (κ1) is 31.7. The van der Waals surface area contributed by atoms with Crippen LogP contribution in [0.25, 0.3) is 98.4 Å². The van der Waals surface area contributed by atoms with Gasteiger partial charge < -0.3 is 13.7 Å². The minimum Gasteiger partial charge on any atom is -0.455 e. The van der Waals surface area contributed by atoms with Gasteiger partial charge in [-0.25, -0.2) is 0 Å². The fourth-order valence-electron chi connectivity index (χ4n) is 8.84. The lowest BCUT2D eigenvalue weighted by Gasteiger charge is -2.26. The Kier molecular flexibility index (Phi) is 6.93. The molecule has 0 aliphatic heterocycles. The van der Waals surface area contributed by atoms with E-state index in [-0.39, 0.29) is 0 Å². The zero-order valence-electron chi connectivity index (χ0n) is 30.8. The molecule has 0 spiro atoms. The number of rotatable bonds is 5. The summed E-state index contributed by atoms with van der Waals surface area (Å²) in [6.07, 6.45) is 0. The standard InChI is InChI=1S/C54H33NO2/c1-2-9-35(10-3-1)46-15-8-16-48-50-32-38(22-30-51(50)56-53(46)48)34-19-23-40(24-20-34)55(41-25-28-44-39(31-41)18-17-36-11-4-6-13-43(36)44)42-26-29-47-49-27-21-37-12-5-7-14-45(37)54(49)57-52(47)33-42/h1-33H. The number of benzene rings is 10. The lowest BCUT2D eigenvalue weighted by molar-refractivity contribution is 0.670. The molecule has 0 unspecified atom stereocenters. The maximum Gasteiger partial charge on any atom is 0.143 e. The molecule has 0 amide bonds. The van der Waals surface area contributed by atoms with Gasteiger partial charge >= 0.3 is 0 Å². The average Bonchev–Trinajstić information content (AvgIpc) is 3.85. The lowest BCUT2D eigenvalue weighted by Crippen LogP contribution is -2.09. The molecule has 3 nitrogen and oxygen atoms in total. The van der Waals surface area contributed by atoms with E-state index in [1.54, 1.807) is 0 Å². The van der Waals surface area contributed by atoms with Gasteiger partial charge in [-0.3, -0.25) is 0 Å². The zero-order chi connectivity index (χ0) is 37.5. The van der Waals surface area contributed by atoms with E-state index in [2.05, 4.69) is 199 Å². The number of hydrogen-bond acceptors (Lipinski definition) is 3. The molecule has 0 bridgehead atoms.